The zero-order valence-corrected chi connectivity index (χ0v) is 27.9. The van der Waals surface area contributed by atoms with E-state index in [-0.39, 0.29) is 46.7 Å². The number of rotatable bonds is 10. The molecular weight excluding hydrogens is 570 g/mol. The zero-order valence-electron chi connectivity index (χ0n) is 27.9. The number of hydrogen-bond donors (Lipinski definition) is 0. The molecule has 3 aromatic rings. The van der Waals surface area contributed by atoms with E-state index in [4.69, 9.17) is 4.74 Å². The molecule has 0 spiro atoms. The first kappa shape index (κ1) is 34.1. The molecule has 3 aromatic carbocycles. The fraction of sp³-hybridized carbons (Fsp3) is 0.474. The molecule has 0 N–H and O–H groups in total. The van der Waals surface area contributed by atoms with E-state index in [1.807, 2.05) is 4.90 Å². The summed E-state index contributed by atoms with van der Waals surface area (Å²) in [6.07, 6.45) is 2.54. The molecule has 1 aliphatic rings. The number of benzene rings is 3. The van der Waals surface area contributed by atoms with Gasteiger partial charge in [-0.1, -0.05) is 72.2 Å². The van der Waals surface area contributed by atoms with Crippen molar-refractivity contribution >= 4 is 11.8 Å². The molecule has 0 bridgehead atoms. The lowest BCUT2D eigenvalue weighted by atomic mass is 9.78. The maximum absolute atomic E-state index is 13.6. The summed E-state index contributed by atoms with van der Waals surface area (Å²) in [6, 6.07) is 17.1. The van der Waals surface area contributed by atoms with Gasteiger partial charge in [0.2, 0.25) is 11.8 Å². The third kappa shape index (κ3) is 8.71. The van der Waals surface area contributed by atoms with Crippen LogP contribution in [0.5, 0.6) is 5.75 Å². The predicted molar refractivity (Wildman–Crippen MR) is 176 cm³/mol. The molecule has 1 fully saturated rings. The lowest BCUT2D eigenvalue weighted by Crippen LogP contribution is -2.51. The maximum atomic E-state index is 13.6. The van der Waals surface area contributed by atoms with Crippen LogP contribution in [0, 0.1) is 11.6 Å². The SMILES string of the molecule is COc1c(C(C)(C)C)cc(CN2CCN(C(=O)CCCCC(c3ccc(F)cc3)c3ccc(F)cc3)CC2=O)cc1C(C)(C)C. The number of carbonyl (C=O) groups is 2. The molecule has 1 heterocycles. The largest absolute Gasteiger partial charge is 0.496 e. The Kier molecular flexibility index (Phi) is 10.7. The number of nitrogens with zero attached hydrogens (tertiary/aromatic N) is 2. The van der Waals surface area contributed by atoms with Crippen molar-refractivity contribution in [2.75, 3.05) is 26.7 Å². The highest BCUT2D eigenvalue weighted by Gasteiger charge is 2.30. The number of methoxy groups -OCH3 is 1. The van der Waals surface area contributed by atoms with E-state index in [0.717, 1.165) is 46.4 Å². The van der Waals surface area contributed by atoms with E-state index < -0.39 is 0 Å². The number of piperazine rings is 1. The first-order valence-corrected chi connectivity index (χ1v) is 16.0. The van der Waals surface area contributed by atoms with Gasteiger partial charge in [-0.3, -0.25) is 9.59 Å². The number of unbranched alkanes of at least 4 members (excludes halogenated alkanes) is 1. The third-order valence-corrected chi connectivity index (χ3v) is 8.69. The Morgan fingerprint density at radius 3 is 1.78 bits per heavy atom. The summed E-state index contributed by atoms with van der Waals surface area (Å²) in [4.78, 5) is 29.9. The fourth-order valence-corrected chi connectivity index (χ4v) is 6.12. The van der Waals surface area contributed by atoms with Crippen molar-refractivity contribution in [1.29, 1.82) is 0 Å². The molecule has 4 rings (SSSR count). The molecule has 0 aliphatic carbocycles. The number of ether oxygens (including phenoxy) is 1. The lowest BCUT2D eigenvalue weighted by molar-refractivity contribution is -0.145. The van der Waals surface area contributed by atoms with Crippen LogP contribution < -0.4 is 4.74 Å². The van der Waals surface area contributed by atoms with Gasteiger partial charge in [-0.05, 0) is 76.8 Å². The zero-order chi connectivity index (χ0) is 32.9. The molecule has 0 unspecified atom stereocenters. The molecule has 45 heavy (non-hydrogen) atoms. The van der Waals surface area contributed by atoms with Gasteiger partial charge >= 0.3 is 0 Å². The van der Waals surface area contributed by atoms with Gasteiger partial charge in [-0.15, -0.1) is 0 Å². The average Bonchev–Trinajstić information content (AvgIpc) is 2.98. The Morgan fingerprint density at radius 2 is 1.33 bits per heavy atom. The highest BCUT2D eigenvalue weighted by atomic mass is 19.1. The highest BCUT2D eigenvalue weighted by Crippen LogP contribution is 2.41. The van der Waals surface area contributed by atoms with Crippen molar-refractivity contribution in [3.8, 4) is 5.75 Å². The van der Waals surface area contributed by atoms with Gasteiger partial charge in [0.1, 0.15) is 17.4 Å². The quantitative estimate of drug-likeness (QED) is 0.216. The Balaban J connectivity index is 1.35. The Labute approximate surface area is 267 Å². The topological polar surface area (TPSA) is 49.9 Å². The van der Waals surface area contributed by atoms with Crippen molar-refractivity contribution in [2.24, 2.45) is 0 Å². The lowest BCUT2D eigenvalue weighted by Gasteiger charge is -2.35. The number of amides is 2. The molecular formula is C38H48F2N2O3. The van der Waals surface area contributed by atoms with Crippen LogP contribution in [-0.4, -0.2) is 48.4 Å². The van der Waals surface area contributed by atoms with Crippen molar-refractivity contribution in [1.82, 2.24) is 9.80 Å². The monoisotopic (exact) mass is 618 g/mol. The number of hydrogen-bond acceptors (Lipinski definition) is 3. The minimum atomic E-state index is -0.301. The van der Waals surface area contributed by atoms with E-state index in [1.165, 1.54) is 24.3 Å². The first-order chi connectivity index (χ1) is 21.2. The maximum Gasteiger partial charge on any atom is 0.242 e. The van der Waals surface area contributed by atoms with E-state index in [0.29, 0.717) is 32.5 Å². The van der Waals surface area contributed by atoms with Crippen LogP contribution in [0.2, 0.25) is 0 Å². The predicted octanol–water partition coefficient (Wildman–Crippen LogP) is 8.13. The van der Waals surface area contributed by atoms with Gasteiger partial charge in [-0.2, -0.15) is 0 Å². The molecule has 0 saturated carbocycles. The summed E-state index contributed by atoms with van der Waals surface area (Å²) in [5, 5.41) is 0. The molecule has 0 radical (unpaired) electrons. The van der Waals surface area contributed by atoms with Gasteiger partial charge in [0.05, 0.1) is 13.7 Å². The summed E-state index contributed by atoms with van der Waals surface area (Å²) >= 11 is 0. The normalized spacial score (nSPS) is 14.3. The molecule has 5 nitrogen and oxygen atoms in total. The second-order valence-electron chi connectivity index (χ2n) is 14.3. The Morgan fingerprint density at radius 1 is 0.822 bits per heavy atom. The van der Waals surface area contributed by atoms with Crippen LogP contribution >= 0.6 is 0 Å². The second-order valence-corrected chi connectivity index (χ2v) is 14.3. The third-order valence-electron chi connectivity index (χ3n) is 8.69. The standard InChI is InChI=1S/C38H48F2N2O3/c1-37(2,3)32-22-26(23-33(36(32)45-7)38(4,5)6)24-41-20-21-42(25-35(41)44)34(43)11-9-8-10-31(27-12-16-29(39)17-13-27)28-14-18-30(40)19-15-28/h12-19,22-23,31H,8-11,20-21,24-25H2,1-7H3. The van der Waals surface area contributed by atoms with Crippen molar-refractivity contribution in [3.63, 3.8) is 0 Å². The van der Waals surface area contributed by atoms with Crippen LogP contribution in [0.1, 0.15) is 101 Å². The number of carbonyl (C=O) groups excluding carboxylic acids is 2. The van der Waals surface area contributed by atoms with Crippen LogP contribution in [-0.2, 0) is 27.0 Å². The van der Waals surface area contributed by atoms with Crippen LogP contribution in [0.15, 0.2) is 60.7 Å². The summed E-state index contributed by atoms with van der Waals surface area (Å²) < 4.78 is 33.0. The molecule has 0 aromatic heterocycles. The summed E-state index contributed by atoms with van der Waals surface area (Å²) in [5.41, 5.74) is 4.96. The van der Waals surface area contributed by atoms with Crippen molar-refractivity contribution in [2.45, 2.75) is 90.5 Å². The van der Waals surface area contributed by atoms with Gasteiger partial charge in [0, 0.05) is 43.1 Å². The van der Waals surface area contributed by atoms with Gasteiger partial charge in [0.15, 0.2) is 0 Å². The molecule has 7 heteroatoms. The first-order valence-electron chi connectivity index (χ1n) is 16.0. The summed E-state index contributed by atoms with van der Waals surface area (Å²) in [7, 11) is 1.72. The number of halogens is 2. The smallest absolute Gasteiger partial charge is 0.242 e. The van der Waals surface area contributed by atoms with E-state index >= 15 is 0 Å². The molecule has 2 amide bonds. The summed E-state index contributed by atoms with van der Waals surface area (Å²) in [6.45, 7) is 14.6. The van der Waals surface area contributed by atoms with Crippen LogP contribution in [0.25, 0.3) is 0 Å². The van der Waals surface area contributed by atoms with Gasteiger partial charge < -0.3 is 14.5 Å². The Bertz CT molecular complexity index is 1390. The molecule has 1 saturated heterocycles. The molecule has 0 atom stereocenters. The van der Waals surface area contributed by atoms with Crippen molar-refractivity contribution < 1.29 is 23.1 Å². The van der Waals surface area contributed by atoms with E-state index in [9.17, 15) is 18.4 Å². The molecule has 242 valence electrons. The van der Waals surface area contributed by atoms with E-state index in [2.05, 4.69) is 53.7 Å². The average molecular weight is 619 g/mol. The van der Waals surface area contributed by atoms with Gasteiger partial charge in [0.25, 0.3) is 0 Å². The Hall–Kier alpha value is -3.74. The summed E-state index contributed by atoms with van der Waals surface area (Å²) in [5.74, 6) is 0.213. The minimum Gasteiger partial charge on any atom is -0.496 e. The molecule has 1 aliphatic heterocycles. The second kappa shape index (κ2) is 14.1. The minimum absolute atomic E-state index is 0.0161. The van der Waals surface area contributed by atoms with E-state index in [1.54, 1.807) is 36.3 Å². The van der Waals surface area contributed by atoms with Crippen LogP contribution in [0.3, 0.4) is 0 Å². The van der Waals surface area contributed by atoms with Crippen molar-refractivity contribution in [3.05, 3.63) is 100 Å². The highest BCUT2D eigenvalue weighted by molar-refractivity contribution is 5.86. The van der Waals surface area contributed by atoms with Crippen LogP contribution in [0.4, 0.5) is 8.78 Å². The fourth-order valence-electron chi connectivity index (χ4n) is 6.12. The van der Waals surface area contributed by atoms with Gasteiger partial charge in [-0.25, -0.2) is 8.78 Å².